The van der Waals surface area contributed by atoms with E-state index >= 15 is 0 Å². The summed E-state index contributed by atoms with van der Waals surface area (Å²) in [5.74, 6) is -0.235. The number of nitrogens with zero attached hydrogens (tertiary/aromatic N) is 2. The van der Waals surface area contributed by atoms with Gasteiger partial charge in [0.25, 0.3) is 0 Å². The topological polar surface area (TPSA) is 49.6 Å². The Bertz CT molecular complexity index is 690. The minimum absolute atomic E-state index is 0.0187. The molecule has 1 amide bonds. The van der Waals surface area contributed by atoms with Crippen molar-refractivity contribution in [2.45, 2.75) is 19.0 Å². The summed E-state index contributed by atoms with van der Waals surface area (Å²) in [5.41, 5.74) is 8.08. The van der Waals surface area contributed by atoms with Crippen molar-refractivity contribution in [1.82, 2.24) is 9.80 Å². The smallest absolute Gasteiger partial charge is 0.244 e. The molecule has 0 aromatic heterocycles. The first-order valence-corrected chi connectivity index (χ1v) is 8.69. The molecule has 1 fully saturated rings. The van der Waals surface area contributed by atoms with E-state index in [-0.39, 0.29) is 11.7 Å². The highest BCUT2D eigenvalue weighted by molar-refractivity contribution is 5.83. The van der Waals surface area contributed by atoms with Crippen LogP contribution in [0.5, 0.6) is 0 Å². The number of nitrogens with two attached hydrogens (primary N) is 1. The fourth-order valence-corrected chi connectivity index (χ4v) is 3.20. The standard InChI is InChI=1S/C20H24FN3O/c21-18-9-7-16(8-10-18)15-23-11-4-12-24(14-13-23)20(25)19(22)17-5-2-1-3-6-17/h1-3,5-10,19H,4,11-15,22H2. The van der Waals surface area contributed by atoms with Crippen molar-refractivity contribution in [2.24, 2.45) is 5.73 Å². The van der Waals surface area contributed by atoms with E-state index in [2.05, 4.69) is 4.90 Å². The molecule has 3 rings (SSSR count). The van der Waals surface area contributed by atoms with Gasteiger partial charge in [0.2, 0.25) is 5.91 Å². The van der Waals surface area contributed by atoms with Crippen molar-refractivity contribution in [3.63, 3.8) is 0 Å². The van der Waals surface area contributed by atoms with Gasteiger partial charge in [-0.05, 0) is 29.7 Å². The summed E-state index contributed by atoms with van der Waals surface area (Å²) in [6.45, 7) is 3.87. The minimum Gasteiger partial charge on any atom is -0.340 e. The molecule has 1 aliphatic heterocycles. The zero-order chi connectivity index (χ0) is 17.6. The summed E-state index contributed by atoms with van der Waals surface area (Å²) in [4.78, 5) is 16.9. The quantitative estimate of drug-likeness (QED) is 0.930. The van der Waals surface area contributed by atoms with Crippen molar-refractivity contribution in [3.05, 3.63) is 71.5 Å². The number of hydrogen-bond acceptors (Lipinski definition) is 3. The van der Waals surface area contributed by atoms with Crippen molar-refractivity contribution < 1.29 is 9.18 Å². The van der Waals surface area contributed by atoms with Gasteiger partial charge in [-0.15, -0.1) is 0 Å². The second-order valence-electron chi connectivity index (χ2n) is 6.47. The van der Waals surface area contributed by atoms with E-state index in [0.29, 0.717) is 6.54 Å². The summed E-state index contributed by atoms with van der Waals surface area (Å²) < 4.78 is 13.0. The second-order valence-corrected chi connectivity index (χ2v) is 6.47. The maximum atomic E-state index is 13.0. The molecule has 2 aromatic rings. The average Bonchev–Trinajstić information content (AvgIpc) is 2.89. The monoisotopic (exact) mass is 341 g/mol. The van der Waals surface area contributed by atoms with Gasteiger partial charge >= 0.3 is 0 Å². The second kappa shape index (κ2) is 8.23. The molecule has 1 aliphatic rings. The third-order valence-electron chi connectivity index (χ3n) is 4.64. The molecule has 2 N–H and O–H groups in total. The summed E-state index contributed by atoms with van der Waals surface area (Å²) in [6, 6.07) is 15.5. The molecule has 1 saturated heterocycles. The molecule has 1 unspecified atom stereocenters. The third kappa shape index (κ3) is 4.65. The van der Waals surface area contributed by atoms with Gasteiger partial charge in [0.15, 0.2) is 0 Å². The largest absolute Gasteiger partial charge is 0.340 e. The molecule has 0 saturated carbocycles. The SMILES string of the molecule is NC(C(=O)N1CCCN(Cc2ccc(F)cc2)CC1)c1ccccc1. The van der Waals surface area contributed by atoms with Crippen molar-refractivity contribution in [1.29, 1.82) is 0 Å². The van der Waals surface area contributed by atoms with E-state index in [1.54, 1.807) is 0 Å². The Morgan fingerprint density at radius 2 is 1.72 bits per heavy atom. The van der Waals surface area contributed by atoms with Crippen LogP contribution in [-0.2, 0) is 11.3 Å². The summed E-state index contributed by atoms with van der Waals surface area (Å²) >= 11 is 0. The molecule has 4 nitrogen and oxygen atoms in total. The van der Waals surface area contributed by atoms with E-state index in [1.165, 1.54) is 12.1 Å². The highest BCUT2D eigenvalue weighted by Gasteiger charge is 2.24. The highest BCUT2D eigenvalue weighted by Crippen LogP contribution is 2.16. The van der Waals surface area contributed by atoms with Crippen LogP contribution in [0.4, 0.5) is 4.39 Å². The van der Waals surface area contributed by atoms with E-state index in [4.69, 9.17) is 5.73 Å². The Morgan fingerprint density at radius 1 is 1.00 bits per heavy atom. The van der Waals surface area contributed by atoms with E-state index < -0.39 is 6.04 Å². The molecule has 5 heteroatoms. The molecule has 2 aromatic carbocycles. The first-order chi connectivity index (χ1) is 12.1. The fourth-order valence-electron chi connectivity index (χ4n) is 3.20. The predicted octanol–water partition coefficient (Wildman–Crippen LogP) is 2.56. The van der Waals surface area contributed by atoms with Crippen molar-refractivity contribution >= 4 is 5.91 Å². The van der Waals surface area contributed by atoms with Gasteiger partial charge in [-0.3, -0.25) is 9.69 Å². The number of halogens is 1. The Balaban J connectivity index is 1.57. The van der Waals surface area contributed by atoms with Crippen LogP contribution in [0.1, 0.15) is 23.6 Å². The maximum absolute atomic E-state index is 13.0. The van der Waals surface area contributed by atoms with Gasteiger partial charge in [-0.1, -0.05) is 42.5 Å². The zero-order valence-electron chi connectivity index (χ0n) is 14.3. The minimum atomic E-state index is -0.607. The van der Waals surface area contributed by atoms with Gasteiger partial charge in [0.05, 0.1) is 0 Å². The number of carbonyl (C=O) groups is 1. The van der Waals surface area contributed by atoms with Crippen molar-refractivity contribution in [2.75, 3.05) is 26.2 Å². The number of carbonyl (C=O) groups excluding carboxylic acids is 1. The fraction of sp³-hybridized carbons (Fsp3) is 0.350. The van der Waals surface area contributed by atoms with Crippen molar-refractivity contribution in [3.8, 4) is 0 Å². The lowest BCUT2D eigenvalue weighted by atomic mass is 10.1. The lowest BCUT2D eigenvalue weighted by Gasteiger charge is -2.25. The van der Waals surface area contributed by atoms with Crippen LogP contribution in [0.25, 0.3) is 0 Å². The van der Waals surface area contributed by atoms with E-state index in [9.17, 15) is 9.18 Å². The molecule has 132 valence electrons. The number of hydrogen-bond donors (Lipinski definition) is 1. The zero-order valence-corrected chi connectivity index (χ0v) is 14.3. The van der Waals surface area contributed by atoms with E-state index in [1.807, 2.05) is 47.4 Å². The normalized spacial score (nSPS) is 17.1. The van der Waals surface area contributed by atoms with Crippen LogP contribution in [0, 0.1) is 5.82 Å². The first kappa shape index (κ1) is 17.6. The molecular weight excluding hydrogens is 317 g/mol. The Labute approximate surface area is 148 Å². The number of benzene rings is 2. The Morgan fingerprint density at radius 3 is 2.44 bits per heavy atom. The van der Waals surface area contributed by atoms with Gasteiger partial charge in [-0.25, -0.2) is 4.39 Å². The molecule has 0 bridgehead atoms. The molecule has 25 heavy (non-hydrogen) atoms. The molecule has 1 atom stereocenters. The number of rotatable bonds is 4. The van der Waals surface area contributed by atoms with Crippen LogP contribution in [0.2, 0.25) is 0 Å². The molecular formula is C20H24FN3O. The lowest BCUT2D eigenvalue weighted by molar-refractivity contribution is -0.132. The summed E-state index contributed by atoms with van der Waals surface area (Å²) in [6.07, 6.45) is 0.911. The van der Waals surface area contributed by atoms with Crippen LogP contribution in [0.15, 0.2) is 54.6 Å². The first-order valence-electron chi connectivity index (χ1n) is 8.69. The van der Waals surface area contributed by atoms with Crippen LogP contribution in [-0.4, -0.2) is 41.9 Å². The molecule has 0 aliphatic carbocycles. The molecule has 1 heterocycles. The van der Waals surface area contributed by atoms with Gasteiger partial charge in [-0.2, -0.15) is 0 Å². The molecule has 0 spiro atoms. The lowest BCUT2D eigenvalue weighted by Crippen LogP contribution is -2.40. The van der Waals surface area contributed by atoms with Crippen LogP contribution >= 0.6 is 0 Å². The Hall–Kier alpha value is -2.24. The maximum Gasteiger partial charge on any atom is 0.244 e. The third-order valence-corrected chi connectivity index (χ3v) is 4.64. The highest BCUT2D eigenvalue weighted by atomic mass is 19.1. The molecule has 0 radical (unpaired) electrons. The number of amides is 1. The van der Waals surface area contributed by atoms with Crippen LogP contribution < -0.4 is 5.73 Å². The summed E-state index contributed by atoms with van der Waals surface area (Å²) in [5, 5.41) is 0. The van der Waals surface area contributed by atoms with Gasteiger partial charge in [0, 0.05) is 32.7 Å². The van der Waals surface area contributed by atoms with Gasteiger partial charge < -0.3 is 10.6 Å². The average molecular weight is 341 g/mol. The Kier molecular flexibility index (Phi) is 5.79. The van der Waals surface area contributed by atoms with Gasteiger partial charge in [0.1, 0.15) is 11.9 Å². The van der Waals surface area contributed by atoms with Crippen LogP contribution in [0.3, 0.4) is 0 Å². The van der Waals surface area contributed by atoms with E-state index in [0.717, 1.165) is 43.7 Å². The predicted molar refractivity (Wildman–Crippen MR) is 96.2 cm³/mol. The summed E-state index contributed by atoms with van der Waals surface area (Å²) in [7, 11) is 0.